The predicted octanol–water partition coefficient (Wildman–Crippen LogP) is 1.27. The van der Waals surface area contributed by atoms with Gasteiger partial charge < -0.3 is 15.0 Å². The van der Waals surface area contributed by atoms with E-state index in [2.05, 4.69) is 15.3 Å². The van der Waals surface area contributed by atoms with Gasteiger partial charge in [-0.2, -0.15) is 4.98 Å². The number of halogens is 1. The minimum absolute atomic E-state index is 0.174. The summed E-state index contributed by atoms with van der Waals surface area (Å²) in [5.41, 5.74) is 0. The Balaban J connectivity index is 2.08. The Morgan fingerprint density at radius 3 is 3.12 bits per heavy atom. The van der Waals surface area contributed by atoms with Crippen LogP contribution >= 0.6 is 0 Å². The molecule has 1 aromatic rings. The number of likely N-dealkylation sites (N-methyl/N-ethyl adjacent to an activating group) is 1. The first kappa shape index (κ1) is 12.0. The maximum Gasteiger partial charge on any atom is 0.224 e. The third-order valence-corrected chi connectivity index (χ3v) is 2.81. The van der Waals surface area contributed by atoms with Crippen LogP contribution in [0.2, 0.25) is 0 Å². The van der Waals surface area contributed by atoms with Crippen LogP contribution in [0, 0.1) is 5.82 Å². The van der Waals surface area contributed by atoms with E-state index in [9.17, 15) is 4.39 Å². The van der Waals surface area contributed by atoms with Gasteiger partial charge in [-0.05, 0) is 12.8 Å². The number of rotatable bonds is 4. The molecule has 1 unspecified atom stereocenters. The number of aromatic nitrogens is 2. The van der Waals surface area contributed by atoms with Gasteiger partial charge in [-0.3, -0.25) is 0 Å². The molecule has 1 atom stereocenters. The number of nitrogens with zero attached hydrogens (tertiary/aromatic N) is 3. The third kappa shape index (κ3) is 2.82. The van der Waals surface area contributed by atoms with Crippen LogP contribution in [-0.4, -0.2) is 43.3 Å². The summed E-state index contributed by atoms with van der Waals surface area (Å²) < 4.78 is 19.1. The van der Waals surface area contributed by atoms with Crippen LogP contribution in [0.25, 0.3) is 0 Å². The molecule has 1 fully saturated rings. The maximum absolute atomic E-state index is 13.6. The number of hydrogen-bond acceptors (Lipinski definition) is 5. The Hall–Kier alpha value is -1.43. The number of anilines is 2. The van der Waals surface area contributed by atoms with Crippen molar-refractivity contribution in [3.8, 4) is 0 Å². The van der Waals surface area contributed by atoms with Crippen molar-refractivity contribution in [2.75, 3.05) is 37.5 Å². The molecule has 94 valence electrons. The molecule has 0 radical (unpaired) electrons. The van der Waals surface area contributed by atoms with Crippen molar-refractivity contribution in [3.05, 3.63) is 12.0 Å². The summed E-state index contributed by atoms with van der Waals surface area (Å²) in [6, 6.07) is 0. The molecule has 0 spiro atoms. The molecular formula is C11H17FN4O. The summed E-state index contributed by atoms with van der Waals surface area (Å²) >= 11 is 0. The van der Waals surface area contributed by atoms with Crippen LogP contribution in [0.5, 0.6) is 0 Å². The normalized spacial score (nSPS) is 19.4. The van der Waals surface area contributed by atoms with Crippen LogP contribution in [0.4, 0.5) is 16.2 Å². The van der Waals surface area contributed by atoms with E-state index in [-0.39, 0.29) is 6.10 Å². The topological polar surface area (TPSA) is 50.3 Å². The first-order valence-corrected chi connectivity index (χ1v) is 5.73. The molecule has 1 saturated heterocycles. The summed E-state index contributed by atoms with van der Waals surface area (Å²) in [7, 11) is 3.52. The van der Waals surface area contributed by atoms with Crippen LogP contribution in [0.15, 0.2) is 6.20 Å². The highest BCUT2D eigenvalue weighted by molar-refractivity contribution is 5.43. The molecular weight excluding hydrogens is 223 g/mol. The van der Waals surface area contributed by atoms with Crippen molar-refractivity contribution in [1.29, 1.82) is 0 Å². The molecule has 0 aliphatic carbocycles. The van der Waals surface area contributed by atoms with E-state index in [0.717, 1.165) is 19.4 Å². The second-order valence-electron chi connectivity index (χ2n) is 4.13. The second-order valence-corrected chi connectivity index (χ2v) is 4.13. The molecule has 1 aliphatic heterocycles. The van der Waals surface area contributed by atoms with Crippen LogP contribution < -0.4 is 10.2 Å². The molecule has 0 amide bonds. The van der Waals surface area contributed by atoms with Gasteiger partial charge in [-0.25, -0.2) is 9.37 Å². The summed E-state index contributed by atoms with van der Waals surface area (Å²) in [6.07, 6.45) is 3.45. The summed E-state index contributed by atoms with van der Waals surface area (Å²) in [5, 5.41) is 2.80. The lowest BCUT2D eigenvalue weighted by Crippen LogP contribution is -2.30. The fraction of sp³-hybridized carbons (Fsp3) is 0.636. The lowest BCUT2D eigenvalue weighted by atomic mass is 10.2. The Labute approximate surface area is 100 Å². The van der Waals surface area contributed by atoms with E-state index in [1.165, 1.54) is 6.20 Å². The van der Waals surface area contributed by atoms with E-state index in [1.54, 1.807) is 11.9 Å². The van der Waals surface area contributed by atoms with Crippen molar-refractivity contribution in [1.82, 2.24) is 9.97 Å². The molecule has 0 bridgehead atoms. The van der Waals surface area contributed by atoms with Gasteiger partial charge in [0.25, 0.3) is 0 Å². The van der Waals surface area contributed by atoms with Crippen LogP contribution in [-0.2, 0) is 4.74 Å². The molecule has 6 heteroatoms. The fourth-order valence-electron chi connectivity index (χ4n) is 1.93. The van der Waals surface area contributed by atoms with Crippen molar-refractivity contribution >= 4 is 11.8 Å². The lowest BCUT2D eigenvalue weighted by molar-refractivity contribution is 0.116. The number of nitrogens with one attached hydrogen (secondary N) is 1. The zero-order valence-corrected chi connectivity index (χ0v) is 10.1. The lowest BCUT2D eigenvalue weighted by Gasteiger charge is -2.22. The number of ether oxygens (including phenoxy) is 1. The van der Waals surface area contributed by atoms with Gasteiger partial charge in [-0.15, -0.1) is 0 Å². The average Bonchev–Trinajstić information content (AvgIpc) is 2.82. The van der Waals surface area contributed by atoms with Gasteiger partial charge in [-0.1, -0.05) is 0 Å². The Morgan fingerprint density at radius 1 is 1.65 bits per heavy atom. The molecule has 1 aromatic heterocycles. The molecule has 0 aromatic carbocycles. The quantitative estimate of drug-likeness (QED) is 0.859. The summed E-state index contributed by atoms with van der Waals surface area (Å²) in [4.78, 5) is 9.69. The standard InChI is InChI=1S/C11H17FN4O/c1-13-11-14-6-9(12)10(15-11)16(2)7-8-4-3-5-17-8/h6,8H,3-5,7H2,1-2H3,(H,13,14,15). The summed E-state index contributed by atoms with van der Waals surface area (Å²) in [6.45, 7) is 1.45. The summed E-state index contributed by atoms with van der Waals surface area (Å²) in [5.74, 6) is 0.310. The molecule has 2 heterocycles. The average molecular weight is 240 g/mol. The van der Waals surface area contributed by atoms with Gasteiger partial charge in [0.1, 0.15) is 0 Å². The van der Waals surface area contributed by atoms with E-state index in [4.69, 9.17) is 4.74 Å². The van der Waals surface area contributed by atoms with Crippen molar-refractivity contribution < 1.29 is 9.13 Å². The van der Waals surface area contributed by atoms with E-state index >= 15 is 0 Å². The Kier molecular flexibility index (Phi) is 3.73. The molecule has 17 heavy (non-hydrogen) atoms. The van der Waals surface area contributed by atoms with Gasteiger partial charge in [0.15, 0.2) is 11.6 Å². The van der Waals surface area contributed by atoms with Crippen LogP contribution in [0.3, 0.4) is 0 Å². The zero-order valence-electron chi connectivity index (χ0n) is 10.1. The van der Waals surface area contributed by atoms with Gasteiger partial charge in [0.05, 0.1) is 12.3 Å². The zero-order chi connectivity index (χ0) is 12.3. The van der Waals surface area contributed by atoms with Crippen LogP contribution in [0.1, 0.15) is 12.8 Å². The first-order chi connectivity index (χ1) is 8.20. The van der Waals surface area contributed by atoms with Crippen molar-refractivity contribution in [2.45, 2.75) is 18.9 Å². The molecule has 1 N–H and O–H groups in total. The molecule has 2 rings (SSSR count). The second kappa shape index (κ2) is 5.27. The van der Waals surface area contributed by atoms with Crippen molar-refractivity contribution in [2.24, 2.45) is 0 Å². The SMILES string of the molecule is CNc1ncc(F)c(N(C)CC2CCCO2)n1. The Morgan fingerprint density at radius 2 is 2.47 bits per heavy atom. The Bertz CT molecular complexity index is 382. The van der Waals surface area contributed by atoms with Crippen molar-refractivity contribution in [3.63, 3.8) is 0 Å². The van der Waals surface area contributed by atoms with Gasteiger partial charge in [0, 0.05) is 27.2 Å². The van der Waals surface area contributed by atoms with E-state index < -0.39 is 5.82 Å². The molecule has 1 aliphatic rings. The smallest absolute Gasteiger partial charge is 0.224 e. The highest BCUT2D eigenvalue weighted by Gasteiger charge is 2.20. The fourth-order valence-corrected chi connectivity index (χ4v) is 1.93. The largest absolute Gasteiger partial charge is 0.376 e. The number of hydrogen-bond donors (Lipinski definition) is 1. The van der Waals surface area contributed by atoms with Gasteiger partial charge in [0.2, 0.25) is 5.95 Å². The first-order valence-electron chi connectivity index (χ1n) is 5.73. The highest BCUT2D eigenvalue weighted by Crippen LogP contribution is 2.19. The molecule has 5 nitrogen and oxygen atoms in total. The third-order valence-electron chi connectivity index (χ3n) is 2.81. The van der Waals surface area contributed by atoms with E-state index in [0.29, 0.717) is 18.3 Å². The van der Waals surface area contributed by atoms with E-state index in [1.807, 2.05) is 7.05 Å². The molecule has 0 saturated carbocycles. The van der Waals surface area contributed by atoms with Gasteiger partial charge >= 0.3 is 0 Å². The monoisotopic (exact) mass is 240 g/mol. The minimum Gasteiger partial charge on any atom is -0.376 e. The minimum atomic E-state index is -0.413. The predicted molar refractivity (Wildman–Crippen MR) is 63.8 cm³/mol. The highest BCUT2D eigenvalue weighted by atomic mass is 19.1. The maximum atomic E-state index is 13.6.